The molecular weight excluding hydrogens is 731 g/mol. The number of benzene rings is 8. The van der Waals surface area contributed by atoms with E-state index < -0.39 is 0 Å². The monoisotopic (exact) mass is 761 g/mol. The number of hydrogen-bond donors (Lipinski definition) is 0. The van der Waals surface area contributed by atoms with E-state index in [1.54, 1.807) is 0 Å². The SMILES string of the molecule is c1ccc(-c2ccc(-c3cc(-c4ccc5c(c4)sc4ccccc45)nc(-c4ccc(-n5c6ccccc6c6c7c(ccc65)sc5ccccc57)cc4)n3)cc2)cc1. The Bertz CT molecular complexity index is 3500. The Labute approximate surface area is 336 Å². The van der Waals surface area contributed by atoms with Gasteiger partial charge in [0.25, 0.3) is 0 Å². The van der Waals surface area contributed by atoms with E-state index in [4.69, 9.17) is 9.97 Å². The normalized spacial score (nSPS) is 11.9. The molecule has 0 aliphatic rings. The quantitative estimate of drug-likeness (QED) is 0.175. The highest BCUT2D eigenvalue weighted by molar-refractivity contribution is 7.26. The van der Waals surface area contributed by atoms with E-state index >= 15 is 0 Å². The van der Waals surface area contributed by atoms with Gasteiger partial charge in [0, 0.05) is 73.5 Å². The highest BCUT2D eigenvalue weighted by atomic mass is 32.1. The van der Waals surface area contributed by atoms with Gasteiger partial charge in [0.2, 0.25) is 0 Å². The van der Waals surface area contributed by atoms with Gasteiger partial charge in [-0.2, -0.15) is 0 Å². The molecule has 0 bridgehead atoms. The summed E-state index contributed by atoms with van der Waals surface area (Å²) in [5.41, 5.74) is 10.8. The smallest absolute Gasteiger partial charge is 0.160 e. The molecule has 0 fully saturated rings. The minimum atomic E-state index is 0.700. The summed E-state index contributed by atoms with van der Waals surface area (Å²) in [6.45, 7) is 0. The zero-order valence-corrected chi connectivity index (χ0v) is 32.2. The molecule has 0 amide bonds. The molecule has 57 heavy (non-hydrogen) atoms. The van der Waals surface area contributed by atoms with Crippen molar-refractivity contribution in [2.24, 2.45) is 0 Å². The number of fused-ring (bicyclic) bond motifs is 10. The van der Waals surface area contributed by atoms with E-state index in [2.05, 4.69) is 193 Å². The molecule has 0 radical (unpaired) electrons. The lowest BCUT2D eigenvalue weighted by Gasteiger charge is -2.12. The van der Waals surface area contributed by atoms with Gasteiger partial charge in [-0.05, 0) is 77.9 Å². The molecule has 8 aromatic carbocycles. The van der Waals surface area contributed by atoms with Gasteiger partial charge >= 0.3 is 0 Å². The molecule has 0 spiro atoms. The highest BCUT2D eigenvalue weighted by Crippen LogP contribution is 2.44. The number of hydrogen-bond acceptors (Lipinski definition) is 4. The van der Waals surface area contributed by atoms with Crippen molar-refractivity contribution in [1.29, 1.82) is 0 Å². The van der Waals surface area contributed by atoms with Crippen LogP contribution in [0.25, 0.3) is 113 Å². The summed E-state index contributed by atoms with van der Waals surface area (Å²) in [6.07, 6.45) is 0. The fourth-order valence-electron chi connectivity index (χ4n) is 8.53. The number of thiophene rings is 2. The molecule has 12 aromatic rings. The van der Waals surface area contributed by atoms with E-state index in [0.717, 1.165) is 33.8 Å². The van der Waals surface area contributed by atoms with Crippen LogP contribution in [0.2, 0.25) is 0 Å². The summed E-state index contributed by atoms with van der Waals surface area (Å²) < 4.78 is 7.58. The predicted molar refractivity (Wildman–Crippen MR) is 244 cm³/mol. The fourth-order valence-corrected chi connectivity index (χ4v) is 10.8. The van der Waals surface area contributed by atoms with Gasteiger partial charge in [0.1, 0.15) is 0 Å². The summed E-state index contributed by atoms with van der Waals surface area (Å²) >= 11 is 3.70. The van der Waals surface area contributed by atoms with Crippen molar-refractivity contribution in [2.45, 2.75) is 0 Å². The molecule has 0 aliphatic carbocycles. The minimum Gasteiger partial charge on any atom is -0.309 e. The standard InChI is InChI=1S/C52H31N3S2/c1-2-10-32(11-3-1)33-18-20-34(21-19-33)42-31-43(36-24-27-39-38-12-5-8-16-46(38)57-49(39)30-36)54-52(53-42)35-22-25-37(26-23-35)55-44-15-7-4-13-40(44)50-45(55)28-29-48-51(50)41-14-6-9-17-47(41)56-48/h1-31H. The largest absolute Gasteiger partial charge is 0.309 e. The van der Waals surface area contributed by atoms with Crippen LogP contribution < -0.4 is 0 Å². The maximum absolute atomic E-state index is 5.26. The summed E-state index contributed by atoms with van der Waals surface area (Å²) in [5, 5.41) is 7.79. The van der Waals surface area contributed by atoms with Gasteiger partial charge in [-0.15, -0.1) is 22.7 Å². The fraction of sp³-hybridized carbons (Fsp3) is 0. The van der Waals surface area contributed by atoms with Crippen LogP contribution in [-0.4, -0.2) is 14.5 Å². The van der Waals surface area contributed by atoms with E-state index in [-0.39, 0.29) is 0 Å². The van der Waals surface area contributed by atoms with Gasteiger partial charge in [0.05, 0.1) is 22.4 Å². The average molecular weight is 762 g/mol. The summed E-state index contributed by atoms with van der Waals surface area (Å²) in [4.78, 5) is 10.5. The zero-order valence-electron chi connectivity index (χ0n) is 30.6. The molecule has 266 valence electrons. The van der Waals surface area contributed by atoms with Crippen molar-refractivity contribution in [1.82, 2.24) is 14.5 Å². The Kier molecular flexibility index (Phi) is 7.27. The van der Waals surface area contributed by atoms with Crippen LogP contribution in [-0.2, 0) is 0 Å². The molecule has 0 saturated carbocycles. The second-order valence-electron chi connectivity index (χ2n) is 14.5. The summed E-state index contributed by atoms with van der Waals surface area (Å²) in [6, 6.07) is 67.6. The summed E-state index contributed by atoms with van der Waals surface area (Å²) in [7, 11) is 0. The Hall–Kier alpha value is -6.92. The van der Waals surface area contributed by atoms with Crippen LogP contribution >= 0.6 is 22.7 Å². The second-order valence-corrected chi connectivity index (χ2v) is 16.7. The molecule has 5 heteroatoms. The third kappa shape index (κ3) is 5.24. The number of para-hydroxylation sites is 1. The van der Waals surface area contributed by atoms with E-state index in [0.29, 0.717) is 5.82 Å². The number of rotatable bonds is 5. The Morgan fingerprint density at radius 3 is 1.72 bits per heavy atom. The highest BCUT2D eigenvalue weighted by Gasteiger charge is 2.18. The van der Waals surface area contributed by atoms with Gasteiger partial charge in [-0.3, -0.25) is 0 Å². The van der Waals surface area contributed by atoms with Crippen LogP contribution in [0.4, 0.5) is 0 Å². The van der Waals surface area contributed by atoms with E-state index in [1.165, 1.54) is 73.3 Å². The van der Waals surface area contributed by atoms with Crippen LogP contribution in [0.5, 0.6) is 0 Å². The predicted octanol–water partition coefficient (Wildman–Crippen LogP) is 15.0. The van der Waals surface area contributed by atoms with Crippen LogP contribution in [0, 0.1) is 0 Å². The van der Waals surface area contributed by atoms with E-state index in [1.807, 2.05) is 22.7 Å². The van der Waals surface area contributed by atoms with Gasteiger partial charge in [-0.1, -0.05) is 121 Å². The number of nitrogens with zero attached hydrogens (tertiary/aromatic N) is 3. The Morgan fingerprint density at radius 2 is 0.912 bits per heavy atom. The molecule has 0 saturated heterocycles. The van der Waals surface area contributed by atoms with Gasteiger partial charge in [0.15, 0.2) is 5.82 Å². The van der Waals surface area contributed by atoms with Crippen molar-refractivity contribution in [3.05, 3.63) is 188 Å². The Morgan fingerprint density at radius 1 is 0.333 bits per heavy atom. The molecule has 12 rings (SSSR count). The van der Waals surface area contributed by atoms with Crippen molar-refractivity contribution >= 4 is 84.8 Å². The first-order valence-electron chi connectivity index (χ1n) is 19.1. The molecule has 0 atom stereocenters. The molecule has 4 heterocycles. The zero-order chi connectivity index (χ0) is 37.5. The molecule has 3 nitrogen and oxygen atoms in total. The molecule has 0 aliphatic heterocycles. The lowest BCUT2D eigenvalue weighted by atomic mass is 10.0. The summed E-state index contributed by atoms with van der Waals surface area (Å²) in [5.74, 6) is 0.700. The van der Waals surface area contributed by atoms with Crippen LogP contribution in [0.15, 0.2) is 188 Å². The average Bonchev–Trinajstić information content (AvgIpc) is 3.96. The second kappa shape index (κ2) is 12.8. The molecule has 0 unspecified atom stereocenters. The molecule has 0 N–H and O–H groups in total. The van der Waals surface area contributed by atoms with Crippen molar-refractivity contribution < 1.29 is 0 Å². The molecular formula is C52H31N3S2. The van der Waals surface area contributed by atoms with Crippen molar-refractivity contribution in [2.75, 3.05) is 0 Å². The minimum absolute atomic E-state index is 0.700. The van der Waals surface area contributed by atoms with E-state index in [9.17, 15) is 0 Å². The van der Waals surface area contributed by atoms with Crippen LogP contribution in [0.1, 0.15) is 0 Å². The molecule has 4 aromatic heterocycles. The number of aromatic nitrogens is 3. The van der Waals surface area contributed by atoms with Crippen molar-refractivity contribution in [3.63, 3.8) is 0 Å². The maximum atomic E-state index is 5.26. The third-order valence-electron chi connectivity index (χ3n) is 11.2. The first kappa shape index (κ1) is 32.3. The lowest BCUT2D eigenvalue weighted by Crippen LogP contribution is -1.97. The van der Waals surface area contributed by atoms with Gasteiger partial charge in [-0.25, -0.2) is 9.97 Å². The topological polar surface area (TPSA) is 30.7 Å². The first-order valence-corrected chi connectivity index (χ1v) is 20.8. The Balaban J connectivity index is 1.00. The first-order chi connectivity index (χ1) is 28.2. The van der Waals surface area contributed by atoms with Crippen molar-refractivity contribution in [3.8, 4) is 50.7 Å². The van der Waals surface area contributed by atoms with Crippen LogP contribution in [0.3, 0.4) is 0 Å². The third-order valence-corrected chi connectivity index (χ3v) is 13.5. The maximum Gasteiger partial charge on any atom is 0.160 e. The lowest BCUT2D eigenvalue weighted by molar-refractivity contribution is 1.16. The van der Waals surface area contributed by atoms with Gasteiger partial charge < -0.3 is 4.57 Å².